The number of carbonyl (C=O) groups excluding carboxylic acids is 1. The van der Waals surface area contributed by atoms with Crippen LogP contribution in [0.4, 0.5) is 14.9 Å². The van der Waals surface area contributed by atoms with E-state index in [9.17, 15) is 14.3 Å². The van der Waals surface area contributed by atoms with Gasteiger partial charge in [0, 0.05) is 31.7 Å². The van der Waals surface area contributed by atoms with Crippen LogP contribution in [0.2, 0.25) is 0 Å². The minimum atomic E-state index is -0.334. The maximum atomic E-state index is 13.7. The summed E-state index contributed by atoms with van der Waals surface area (Å²) in [6, 6.07) is 11.2. The molecule has 0 saturated carbocycles. The number of anilines is 1. The van der Waals surface area contributed by atoms with Gasteiger partial charge in [-0.2, -0.15) is 0 Å². The second-order valence-corrected chi connectivity index (χ2v) is 7.14. The zero-order valence-electron chi connectivity index (χ0n) is 15.6. The van der Waals surface area contributed by atoms with Crippen molar-refractivity contribution in [2.24, 2.45) is 0 Å². The van der Waals surface area contributed by atoms with Crippen molar-refractivity contribution in [3.05, 3.63) is 53.8 Å². The number of nitrogens with zero attached hydrogens (tertiary/aromatic N) is 2. The molecule has 6 nitrogen and oxygen atoms in total. The van der Waals surface area contributed by atoms with Gasteiger partial charge >= 0.3 is 6.03 Å². The van der Waals surface area contributed by atoms with E-state index in [-0.39, 0.29) is 23.6 Å². The Kier molecular flexibility index (Phi) is 5.23. The van der Waals surface area contributed by atoms with Crippen LogP contribution in [0.3, 0.4) is 0 Å². The summed E-state index contributed by atoms with van der Waals surface area (Å²) < 4.78 is 19.4. The lowest BCUT2D eigenvalue weighted by atomic mass is 10.0. The first-order chi connectivity index (χ1) is 13.6. The van der Waals surface area contributed by atoms with E-state index in [1.807, 2.05) is 12.1 Å². The monoisotopic (exact) mass is 385 g/mol. The molecule has 2 amide bonds. The van der Waals surface area contributed by atoms with E-state index < -0.39 is 0 Å². The summed E-state index contributed by atoms with van der Waals surface area (Å²) in [4.78, 5) is 16.6. The van der Waals surface area contributed by atoms with Gasteiger partial charge < -0.3 is 25.0 Å². The Balaban J connectivity index is 1.40. The van der Waals surface area contributed by atoms with Crippen molar-refractivity contribution in [3.8, 4) is 11.5 Å². The summed E-state index contributed by atoms with van der Waals surface area (Å²) in [5, 5.41) is 13.1. The van der Waals surface area contributed by atoms with Gasteiger partial charge in [0.15, 0.2) is 0 Å². The zero-order valence-corrected chi connectivity index (χ0v) is 15.6. The molecule has 0 spiro atoms. The highest BCUT2D eigenvalue weighted by Gasteiger charge is 2.27. The number of ether oxygens (including phenoxy) is 1. The fourth-order valence-corrected chi connectivity index (χ4v) is 3.82. The molecule has 2 aromatic carbocycles. The van der Waals surface area contributed by atoms with Gasteiger partial charge in [0.1, 0.15) is 17.3 Å². The van der Waals surface area contributed by atoms with Crippen molar-refractivity contribution in [3.63, 3.8) is 0 Å². The molecular formula is C21H24FN3O3. The lowest BCUT2D eigenvalue weighted by Gasteiger charge is -2.37. The fraction of sp³-hybridized carbons (Fsp3) is 0.381. The number of carbonyl (C=O) groups is 1. The molecule has 148 valence electrons. The number of rotatable bonds is 2. The molecule has 1 unspecified atom stereocenters. The number of benzene rings is 2. The molecule has 2 aliphatic rings. The Hall–Kier alpha value is -2.96. The topological polar surface area (TPSA) is 65.0 Å². The maximum absolute atomic E-state index is 13.7. The second-order valence-electron chi connectivity index (χ2n) is 7.14. The quantitative estimate of drug-likeness (QED) is 0.833. The SMILES string of the molecule is O=C(NC1CCCOc2ccc(F)cc21)N1CCN(c2ccccc2O)CC1. The Bertz CT molecular complexity index is 853. The van der Waals surface area contributed by atoms with Crippen LogP contribution in [0.25, 0.3) is 0 Å². The molecule has 2 N–H and O–H groups in total. The number of phenolic OH excluding ortho intramolecular Hbond substituents is 1. The number of piperazine rings is 1. The number of amides is 2. The van der Waals surface area contributed by atoms with Crippen molar-refractivity contribution in [1.29, 1.82) is 0 Å². The molecule has 0 bridgehead atoms. The molecule has 2 heterocycles. The van der Waals surface area contributed by atoms with E-state index in [1.165, 1.54) is 12.1 Å². The molecular weight excluding hydrogens is 361 g/mol. The highest BCUT2D eigenvalue weighted by atomic mass is 19.1. The van der Waals surface area contributed by atoms with Gasteiger partial charge in [-0.05, 0) is 43.2 Å². The number of nitrogens with one attached hydrogen (secondary N) is 1. The number of phenols is 1. The Morgan fingerprint density at radius 1 is 1.14 bits per heavy atom. The van der Waals surface area contributed by atoms with Crippen molar-refractivity contribution in [1.82, 2.24) is 10.2 Å². The summed E-state index contributed by atoms with van der Waals surface area (Å²) in [5.41, 5.74) is 1.48. The van der Waals surface area contributed by atoms with Gasteiger partial charge in [0.25, 0.3) is 0 Å². The number of halogens is 1. The Morgan fingerprint density at radius 3 is 2.71 bits per heavy atom. The van der Waals surface area contributed by atoms with Crippen LogP contribution in [0.5, 0.6) is 11.5 Å². The number of aromatic hydroxyl groups is 1. The first kappa shape index (κ1) is 18.4. The normalized spacial score (nSPS) is 19.4. The summed E-state index contributed by atoms with van der Waals surface area (Å²) in [6.45, 7) is 2.96. The molecule has 2 aromatic rings. The molecule has 1 fully saturated rings. The van der Waals surface area contributed by atoms with Crippen molar-refractivity contribution >= 4 is 11.7 Å². The van der Waals surface area contributed by atoms with Gasteiger partial charge in [-0.15, -0.1) is 0 Å². The van der Waals surface area contributed by atoms with Crippen LogP contribution in [0.1, 0.15) is 24.4 Å². The molecule has 0 radical (unpaired) electrons. The van der Waals surface area contributed by atoms with Crippen molar-refractivity contribution in [2.45, 2.75) is 18.9 Å². The minimum Gasteiger partial charge on any atom is -0.506 e. The maximum Gasteiger partial charge on any atom is 0.318 e. The van der Waals surface area contributed by atoms with Crippen molar-refractivity contribution in [2.75, 3.05) is 37.7 Å². The highest BCUT2D eigenvalue weighted by molar-refractivity contribution is 5.75. The summed E-state index contributed by atoms with van der Waals surface area (Å²) in [7, 11) is 0. The Morgan fingerprint density at radius 2 is 1.93 bits per heavy atom. The minimum absolute atomic E-state index is 0.154. The summed E-state index contributed by atoms with van der Waals surface area (Å²) in [6.07, 6.45) is 1.50. The van der Waals surface area contributed by atoms with E-state index in [2.05, 4.69) is 10.2 Å². The molecule has 28 heavy (non-hydrogen) atoms. The van der Waals surface area contributed by atoms with Crippen LogP contribution in [-0.4, -0.2) is 48.8 Å². The standard InChI is InChI=1S/C21H24FN3O3/c22-15-7-8-20-16(14-15)17(4-3-13-28-20)23-21(27)25-11-9-24(10-12-25)18-5-1-2-6-19(18)26/h1-2,5-8,14,17,26H,3-4,9-13H2,(H,23,27). The van der Waals surface area contributed by atoms with E-state index in [0.717, 1.165) is 12.1 Å². The lowest BCUT2D eigenvalue weighted by molar-refractivity contribution is 0.189. The van der Waals surface area contributed by atoms with Crippen LogP contribution < -0.4 is 15.0 Å². The average Bonchev–Trinajstić information content (AvgIpc) is 2.90. The lowest BCUT2D eigenvalue weighted by Crippen LogP contribution is -2.52. The van der Waals surface area contributed by atoms with E-state index in [1.54, 1.807) is 23.1 Å². The molecule has 1 atom stereocenters. The number of hydrogen-bond donors (Lipinski definition) is 2. The predicted octanol–water partition coefficient (Wildman–Crippen LogP) is 3.28. The Labute approximate surface area is 163 Å². The summed E-state index contributed by atoms with van der Waals surface area (Å²) in [5.74, 6) is 0.547. The molecule has 4 rings (SSSR count). The van der Waals surface area contributed by atoms with E-state index >= 15 is 0 Å². The number of urea groups is 1. The first-order valence-electron chi connectivity index (χ1n) is 9.62. The third kappa shape index (κ3) is 3.83. The third-order valence-corrected chi connectivity index (χ3v) is 5.33. The van der Waals surface area contributed by atoms with Gasteiger partial charge in [-0.3, -0.25) is 0 Å². The molecule has 0 aromatic heterocycles. The average molecular weight is 385 g/mol. The molecule has 2 aliphatic heterocycles. The zero-order chi connectivity index (χ0) is 19.5. The largest absolute Gasteiger partial charge is 0.506 e. The number of para-hydroxylation sites is 2. The predicted molar refractivity (Wildman–Crippen MR) is 104 cm³/mol. The van der Waals surface area contributed by atoms with Crippen LogP contribution in [0.15, 0.2) is 42.5 Å². The van der Waals surface area contributed by atoms with Gasteiger partial charge in [-0.1, -0.05) is 12.1 Å². The third-order valence-electron chi connectivity index (χ3n) is 5.33. The van der Waals surface area contributed by atoms with Gasteiger partial charge in [0.05, 0.1) is 18.3 Å². The van der Waals surface area contributed by atoms with Crippen LogP contribution in [0, 0.1) is 5.82 Å². The molecule has 7 heteroatoms. The molecule has 1 saturated heterocycles. The van der Waals surface area contributed by atoms with Crippen LogP contribution >= 0.6 is 0 Å². The highest BCUT2D eigenvalue weighted by Crippen LogP contribution is 2.32. The van der Waals surface area contributed by atoms with E-state index in [4.69, 9.17) is 4.74 Å². The smallest absolute Gasteiger partial charge is 0.318 e. The van der Waals surface area contributed by atoms with Gasteiger partial charge in [0.2, 0.25) is 0 Å². The summed E-state index contributed by atoms with van der Waals surface area (Å²) >= 11 is 0. The van der Waals surface area contributed by atoms with Crippen LogP contribution in [-0.2, 0) is 0 Å². The fourth-order valence-electron chi connectivity index (χ4n) is 3.82. The van der Waals surface area contributed by atoms with E-state index in [0.29, 0.717) is 50.5 Å². The number of fused-ring (bicyclic) bond motifs is 1. The number of hydrogen-bond acceptors (Lipinski definition) is 4. The molecule has 0 aliphatic carbocycles. The first-order valence-corrected chi connectivity index (χ1v) is 9.62. The second kappa shape index (κ2) is 7.96. The van der Waals surface area contributed by atoms with Gasteiger partial charge in [-0.25, -0.2) is 9.18 Å². The van der Waals surface area contributed by atoms with Crippen molar-refractivity contribution < 1.29 is 19.0 Å².